The predicted molar refractivity (Wildman–Crippen MR) is 283 cm³/mol. The van der Waals surface area contributed by atoms with Gasteiger partial charge in [0.2, 0.25) is 0 Å². The van der Waals surface area contributed by atoms with Gasteiger partial charge in [0.1, 0.15) is 0 Å². The summed E-state index contributed by atoms with van der Waals surface area (Å²) in [4.78, 5) is 16.2. The van der Waals surface area contributed by atoms with Gasteiger partial charge in [-0.3, -0.25) is 0 Å². The molecular formula is C63H39N5. The summed E-state index contributed by atoms with van der Waals surface area (Å²) in [7, 11) is 0. The fourth-order valence-electron chi connectivity index (χ4n) is 10.8. The molecule has 0 aliphatic rings. The van der Waals surface area contributed by atoms with Crippen molar-refractivity contribution in [3.05, 3.63) is 237 Å². The van der Waals surface area contributed by atoms with Crippen LogP contribution in [0.2, 0.25) is 0 Å². The number of para-hydroxylation sites is 2. The summed E-state index contributed by atoms with van der Waals surface area (Å²) >= 11 is 0. The first kappa shape index (κ1) is 38.1. The lowest BCUT2D eigenvalue weighted by atomic mass is 9.93. The van der Waals surface area contributed by atoms with Gasteiger partial charge in [-0.15, -0.1) is 0 Å². The van der Waals surface area contributed by atoms with E-state index in [1.165, 1.54) is 32.3 Å². The third kappa shape index (κ3) is 5.86. The molecule has 316 valence electrons. The maximum atomic E-state index is 5.51. The highest BCUT2D eigenvalue weighted by Crippen LogP contribution is 2.45. The lowest BCUT2D eigenvalue weighted by Gasteiger charge is -2.18. The molecule has 0 saturated heterocycles. The second-order valence-electron chi connectivity index (χ2n) is 17.5. The molecule has 68 heavy (non-hydrogen) atoms. The zero-order valence-electron chi connectivity index (χ0n) is 36.8. The van der Waals surface area contributed by atoms with Gasteiger partial charge in [0, 0.05) is 49.3 Å². The molecule has 0 amide bonds. The molecule has 5 nitrogen and oxygen atoms in total. The zero-order chi connectivity index (χ0) is 44.7. The lowest BCUT2D eigenvalue weighted by Crippen LogP contribution is -2.02. The highest BCUT2D eigenvalue weighted by Gasteiger charge is 2.24. The summed E-state index contributed by atoms with van der Waals surface area (Å²) in [5, 5.41) is 11.8. The Morgan fingerprint density at radius 1 is 0.265 bits per heavy atom. The second-order valence-corrected chi connectivity index (χ2v) is 17.5. The first-order valence-electron chi connectivity index (χ1n) is 23.1. The second kappa shape index (κ2) is 15.2. The summed E-state index contributed by atoms with van der Waals surface area (Å²) in [6.07, 6.45) is 0. The standard InChI is InChI=1S/C63H39N5/c1-4-18-40(19-5-1)47-29-16-30-48-49(35-37-56(58(47)48)68-55-36-34-41-20-12-13-27-46(41)59(55)52-38-43-23-10-11-24-44(43)39-57(52)68)62-64-61(42-21-6-2-7-22-42)65-63(66-62)51-31-17-33-54-60(51)50-28-14-15-32-53(50)67(54)45-25-8-3-9-26-45/h1-39H. The number of rotatable bonds is 6. The van der Waals surface area contributed by atoms with E-state index in [1.807, 2.05) is 18.2 Å². The van der Waals surface area contributed by atoms with Crippen LogP contribution in [0.3, 0.4) is 0 Å². The van der Waals surface area contributed by atoms with Crippen molar-refractivity contribution in [2.24, 2.45) is 0 Å². The van der Waals surface area contributed by atoms with Crippen LogP contribution in [0.1, 0.15) is 0 Å². The molecule has 0 fully saturated rings. The van der Waals surface area contributed by atoms with Gasteiger partial charge < -0.3 is 9.13 Å². The third-order valence-electron chi connectivity index (χ3n) is 13.7. The molecule has 0 spiro atoms. The van der Waals surface area contributed by atoms with Gasteiger partial charge in [-0.1, -0.05) is 182 Å². The van der Waals surface area contributed by atoms with E-state index in [0.717, 1.165) is 82.8 Å². The maximum Gasteiger partial charge on any atom is 0.164 e. The molecular weight excluding hydrogens is 827 g/mol. The molecule has 0 N–H and O–H groups in total. The minimum Gasteiger partial charge on any atom is -0.309 e. The molecule has 5 heteroatoms. The van der Waals surface area contributed by atoms with Gasteiger partial charge in [0.25, 0.3) is 0 Å². The number of aromatic nitrogens is 5. The fraction of sp³-hybridized carbons (Fsp3) is 0. The SMILES string of the molecule is c1ccc(-c2nc(-c3ccc(-n4c5cc6ccccc6cc5c5c6ccccc6ccc54)c4c(-c5ccccc5)cccc34)nc(-c3cccc4c3c3ccccc3n4-c3ccccc3)n2)cc1. The quantitative estimate of drug-likeness (QED) is 0.167. The van der Waals surface area contributed by atoms with E-state index >= 15 is 0 Å². The minimum absolute atomic E-state index is 0.610. The van der Waals surface area contributed by atoms with E-state index in [0.29, 0.717) is 17.5 Å². The summed E-state index contributed by atoms with van der Waals surface area (Å²) < 4.78 is 4.82. The monoisotopic (exact) mass is 865 g/mol. The molecule has 14 aromatic rings. The van der Waals surface area contributed by atoms with Crippen LogP contribution in [0.4, 0.5) is 0 Å². The lowest BCUT2D eigenvalue weighted by molar-refractivity contribution is 1.08. The maximum absolute atomic E-state index is 5.51. The molecule has 3 aromatic heterocycles. The van der Waals surface area contributed by atoms with Crippen LogP contribution in [0.15, 0.2) is 237 Å². The van der Waals surface area contributed by atoms with E-state index < -0.39 is 0 Å². The highest BCUT2D eigenvalue weighted by molar-refractivity contribution is 6.24. The van der Waals surface area contributed by atoms with Crippen molar-refractivity contribution in [1.29, 1.82) is 0 Å². The van der Waals surface area contributed by atoms with E-state index in [2.05, 4.69) is 228 Å². The van der Waals surface area contributed by atoms with Crippen LogP contribution >= 0.6 is 0 Å². The summed E-state index contributed by atoms with van der Waals surface area (Å²) in [6, 6.07) is 84.6. The van der Waals surface area contributed by atoms with Gasteiger partial charge in [-0.05, 0) is 92.7 Å². The molecule has 11 aromatic carbocycles. The largest absolute Gasteiger partial charge is 0.309 e. The number of nitrogens with zero attached hydrogens (tertiary/aromatic N) is 5. The Morgan fingerprint density at radius 3 is 1.63 bits per heavy atom. The third-order valence-corrected chi connectivity index (χ3v) is 13.7. The first-order chi connectivity index (χ1) is 33.7. The van der Waals surface area contributed by atoms with Crippen molar-refractivity contribution in [1.82, 2.24) is 24.1 Å². The van der Waals surface area contributed by atoms with E-state index in [-0.39, 0.29) is 0 Å². The van der Waals surface area contributed by atoms with Crippen LogP contribution in [-0.4, -0.2) is 24.1 Å². The number of benzene rings is 11. The van der Waals surface area contributed by atoms with E-state index in [4.69, 9.17) is 15.0 Å². The topological polar surface area (TPSA) is 48.5 Å². The van der Waals surface area contributed by atoms with E-state index in [1.54, 1.807) is 0 Å². The van der Waals surface area contributed by atoms with Crippen LogP contribution < -0.4 is 0 Å². The Bertz CT molecular complexity index is 4300. The number of hydrogen-bond acceptors (Lipinski definition) is 3. The molecule has 0 saturated carbocycles. The Labute approximate surface area is 391 Å². The van der Waals surface area contributed by atoms with Gasteiger partial charge >= 0.3 is 0 Å². The zero-order valence-corrected chi connectivity index (χ0v) is 36.8. The van der Waals surface area contributed by atoms with Gasteiger partial charge in [-0.25, -0.2) is 15.0 Å². The van der Waals surface area contributed by atoms with Crippen LogP contribution in [0, 0.1) is 0 Å². The van der Waals surface area contributed by atoms with Gasteiger partial charge in [0.15, 0.2) is 17.5 Å². The molecule has 0 aliphatic carbocycles. The molecule has 0 radical (unpaired) electrons. The number of fused-ring (bicyclic) bond motifs is 10. The van der Waals surface area contributed by atoms with Crippen molar-refractivity contribution in [3.8, 4) is 56.7 Å². The Kier molecular flexibility index (Phi) is 8.52. The Morgan fingerprint density at radius 2 is 0.838 bits per heavy atom. The molecule has 0 bridgehead atoms. The fourth-order valence-corrected chi connectivity index (χ4v) is 10.8. The number of hydrogen-bond donors (Lipinski definition) is 0. The van der Waals surface area contributed by atoms with E-state index in [9.17, 15) is 0 Å². The van der Waals surface area contributed by atoms with Crippen LogP contribution in [0.5, 0.6) is 0 Å². The molecule has 14 rings (SSSR count). The van der Waals surface area contributed by atoms with Crippen LogP contribution in [0.25, 0.3) is 133 Å². The van der Waals surface area contributed by atoms with Crippen LogP contribution in [-0.2, 0) is 0 Å². The predicted octanol–water partition coefficient (Wildman–Crippen LogP) is 16.2. The van der Waals surface area contributed by atoms with Crippen molar-refractivity contribution < 1.29 is 0 Å². The Balaban J connectivity index is 1.08. The van der Waals surface area contributed by atoms with Crippen molar-refractivity contribution >= 4 is 75.9 Å². The average Bonchev–Trinajstić information content (AvgIpc) is 3.93. The summed E-state index contributed by atoms with van der Waals surface area (Å²) in [6.45, 7) is 0. The first-order valence-corrected chi connectivity index (χ1v) is 23.1. The minimum atomic E-state index is 0.610. The summed E-state index contributed by atoms with van der Waals surface area (Å²) in [5.41, 5.74) is 11.8. The Hall–Kier alpha value is -9.19. The van der Waals surface area contributed by atoms with Crippen molar-refractivity contribution in [3.63, 3.8) is 0 Å². The molecule has 0 unspecified atom stereocenters. The molecule has 3 heterocycles. The highest BCUT2D eigenvalue weighted by atomic mass is 15.0. The molecule has 0 atom stereocenters. The smallest absolute Gasteiger partial charge is 0.164 e. The summed E-state index contributed by atoms with van der Waals surface area (Å²) in [5.74, 6) is 1.85. The van der Waals surface area contributed by atoms with Gasteiger partial charge in [-0.2, -0.15) is 0 Å². The molecule has 0 aliphatic heterocycles. The van der Waals surface area contributed by atoms with Crippen molar-refractivity contribution in [2.75, 3.05) is 0 Å². The average molecular weight is 866 g/mol. The van der Waals surface area contributed by atoms with Crippen molar-refractivity contribution in [2.45, 2.75) is 0 Å². The normalized spacial score (nSPS) is 11.8. The van der Waals surface area contributed by atoms with Gasteiger partial charge in [0.05, 0.1) is 27.8 Å².